The Morgan fingerprint density at radius 3 is 2.74 bits per heavy atom. The molecule has 0 radical (unpaired) electrons. The van der Waals surface area contributed by atoms with Crippen molar-refractivity contribution in [2.75, 3.05) is 6.54 Å². The second-order valence-corrected chi connectivity index (χ2v) is 5.79. The number of nitrogens with one attached hydrogen (secondary N) is 1. The Labute approximate surface area is 118 Å². The van der Waals surface area contributed by atoms with Crippen LogP contribution >= 0.6 is 11.6 Å². The molecule has 1 fully saturated rings. The van der Waals surface area contributed by atoms with Crippen molar-refractivity contribution in [1.29, 1.82) is 0 Å². The number of aromatic nitrogens is 1. The van der Waals surface area contributed by atoms with Crippen molar-refractivity contribution in [3.8, 4) is 0 Å². The fourth-order valence-corrected chi connectivity index (χ4v) is 2.86. The first-order valence-electron chi connectivity index (χ1n) is 6.55. The minimum Gasteiger partial charge on any atom is -0.354 e. The van der Waals surface area contributed by atoms with Gasteiger partial charge in [-0.3, -0.25) is 9.59 Å². The first-order valence-corrected chi connectivity index (χ1v) is 6.99. The lowest BCUT2D eigenvalue weighted by Gasteiger charge is -2.26. The highest BCUT2D eigenvalue weighted by molar-refractivity contribution is 6.33. The van der Waals surface area contributed by atoms with Gasteiger partial charge in [-0.25, -0.2) is 0 Å². The molecule has 2 atom stereocenters. The van der Waals surface area contributed by atoms with E-state index in [-0.39, 0.29) is 17.7 Å². The van der Waals surface area contributed by atoms with Crippen LogP contribution in [0.15, 0.2) is 6.07 Å². The quantitative estimate of drug-likeness (QED) is 0.683. The van der Waals surface area contributed by atoms with Crippen LogP contribution in [0.4, 0.5) is 0 Å². The summed E-state index contributed by atoms with van der Waals surface area (Å²) >= 11 is 5.89. The third kappa shape index (κ3) is 2.68. The van der Waals surface area contributed by atoms with Crippen LogP contribution in [0.3, 0.4) is 0 Å². The predicted octanol–water partition coefficient (Wildman–Crippen LogP) is 2.37. The molecule has 2 rings (SSSR count). The normalized spacial score (nSPS) is 21.1. The largest absolute Gasteiger partial charge is 0.354 e. The summed E-state index contributed by atoms with van der Waals surface area (Å²) in [6.45, 7) is 6.24. The molecule has 1 N–H and O–H groups in total. The molecule has 1 aromatic rings. The fourth-order valence-electron chi connectivity index (χ4n) is 2.74. The van der Waals surface area contributed by atoms with E-state index in [2.05, 4.69) is 9.88 Å². The molecule has 0 spiro atoms. The zero-order chi connectivity index (χ0) is 14.2. The number of Topliss-reactive ketones (excluding diaryl/α,β-unsaturated/α-hetero) is 1. The van der Waals surface area contributed by atoms with Crippen LogP contribution in [-0.4, -0.2) is 28.2 Å². The maximum Gasteiger partial charge on any atom is 0.220 e. The average Bonchev–Trinajstić information content (AvgIpc) is 2.65. The van der Waals surface area contributed by atoms with Crippen molar-refractivity contribution in [1.82, 2.24) is 9.88 Å². The Hall–Kier alpha value is -1.29. The highest BCUT2D eigenvalue weighted by atomic mass is 35.5. The lowest BCUT2D eigenvalue weighted by Crippen LogP contribution is -2.36. The number of aryl methyl sites for hydroxylation is 1. The number of piperidine rings is 1. The molecule has 0 aromatic carbocycles. The number of hydrogen-bond acceptors (Lipinski definition) is 2. The monoisotopic (exact) mass is 282 g/mol. The molecule has 1 aromatic heterocycles. The Bertz CT molecular complexity index is 510. The standard InChI is InChI=1S/C14H19ClN2O2/c1-8-6-12(14(19)9(2)15)10(3)17(8)11-4-5-13(18)16-7-11/h6,9,11H,4-5,7H2,1-3H3,(H,16,18). The third-order valence-corrected chi connectivity index (χ3v) is 3.91. The summed E-state index contributed by atoms with van der Waals surface area (Å²) in [7, 11) is 0. The van der Waals surface area contributed by atoms with E-state index in [0.29, 0.717) is 18.5 Å². The molecule has 2 unspecified atom stereocenters. The Balaban J connectivity index is 2.32. The molecule has 1 saturated heterocycles. The van der Waals surface area contributed by atoms with Gasteiger partial charge in [0.05, 0.1) is 11.4 Å². The molecule has 0 saturated carbocycles. The summed E-state index contributed by atoms with van der Waals surface area (Å²) < 4.78 is 2.14. The van der Waals surface area contributed by atoms with E-state index < -0.39 is 5.38 Å². The molecule has 5 heteroatoms. The average molecular weight is 283 g/mol. The molecular formula is C14H19ClN2O2. The van der Waals surface area contributed by atoms with E-state index in [1.165, 1.54) is 0 Å². The van der Waals surface area contributed by atoms with Gasteiger partial charge in [-0.1, -0.05) is 0 Å². The van der Waals surface area contributed by atoms with Crippen molar-refractivity contribution in [2.45, 2.75) is 45.0 Å². The summed E-state index contributed by atoms with van der Waals surface area (Å²) in [6, 6.07) is 2.12. The van der Waals surface area contributed by atoms with Gasteiger partial charge in [-0.2, -0.15) is 0 Å². The Kier molecular flexibility index (Phi) is 3.99. The van der Waals surface area contributed by atoms with Crippen LogP contribution in [0, 0.1) is 13.8 Å². The van der Waals surface area contributed by atoms with Crippen molar-refractivity contribution in [3.05, 3.63) is 23.0 Å². The number of rotatable bonds is 3. The van der Waals surface area contributed by atoms with E-state index in [4.69, 9.17) is 11.6 Å². The number of alkyl halides is 1. The number of carbonyl (C=O) groups excluding carboxylic acids is 2. The second-order valence-electron chi connectivity index (χ2n) is 5.13. The van der Waals surface area contributed by atoms with Gasteiger partial charge in [0.1, 0.15) is 0 Å². The van der Waals surface area contributed by atoms with Gasteiger partial charge >= 0.3 is 0 Å². The van der Waals surface area contributed by atoms with E-state index in [0.717, 1.165) is 17.8 Å². The zero-order valence-corrected chi connectivity index (χ0v) is 12.3. The smallest absolute Gasteiger partial charge is 0.220 e. The van der Waals surface area contributed by atoms with Gasteiger partial charge in [0, 0.05) is 29.9 Å². The predicted molar refractivity (Wildman–Crippen MR) is 74.8 cm³/mol. The summed E-state index contributed by atoms with van der Waals surface area (Å²) in [4.78, 5) is 23.3. The first-order chi connectivity index (χ1) is 8.91. The number of amides is 1. The summed E-state index contributed by atoms with van der Waals surface area (Å²) in [6.07, 6.45) is 1.35. The number of carbonyl (C=O) groups is 2. The van der Waals surface area contributed by atoms with E-state index in [1.807, 2.05) is 19.9 Å². The Morgan fingerprint density at radius 2 is 2.21 bits per heavy atom. The number of nitrogens with zero attached hydrogens (tertiary/aromatic N) is 1. The molecule has 104 valence electrons. The van der Waals surface area contributed by atoms with Gasteiger partial charge in [0.15, 0.2) is 5.78 Å². The highest BCUT2D eigenvalue weighted by Crippen LogP contribution is 2.26. The maximum absolute atomic E-state index is 12.1. The zero-order valence-electron chi connectivity index (χ0n) is 11.5. The lowest BCUT2D eigenvalue weighted by molar-refractivity contribution is -0.122. The fraction of sp³-hybridized carbons (Fsp3) is 0.571. The van der Waals surface area contributed by atoms with E-state index in [1.54, 1.807) is 6.92 Å². The van der Waals surface area contributed by atoms with Crippen LogP contribution in [0.2, 0.25) is 0 Å². The molecule has 19 heavy (non-hydrogen) atoms. The second kappa shape index (κ2) is 5.37. The number of halogens is 1. The van der Waals surface area contributed by atoms with Crippen LogP contribution in [-0.2, 0) is 4.79 Å². The summed E-state index contributed by atoms with van der Waals surface area (Å²) in [5.74, 6) is 0.0604. The molecule has 1 aliphatic heterocycles. The van der Waals surface area contributed by atoms with Gasteiger partial charge in [-0.15, -0.1) is 11.6 Å². The molecule has 0 bridgehead atoms. The van der Waals surface area contributed by atoms with Crippen LogP contribution < -0.4 is 5.32 Å². The van der Waals surface area contributed by atoms with Gasteiger partial charge in [-0.05, 0) is 33.3 Å². The van der Waals surface area contributed by atoms with Crippen LogP contribution in [0.1, 0.15) is 47.6 Å². The van der Waals surface area contributed by atoms with Gasteiger partial charge in [0.25, 0.3) is 0 Å². The molecule has 4 nitrogen and oxygen atoms in total. The highest BCUT2D eigenvalue weighted by Gasteiger charge is 2.25. The maximum atomic E-state index is 12.1. The first kappa shape index (κ1) is 14.1. The molecule has 1 amide bonds. The van der Waals surface area contributed by atoms with E-state index >= 15 is 0 Å². The number of hydrogen-bond donors (Lipinski definition) is 1. The van der Waals surface area contributed by atoms with Crippen molar-refractivity contribution in [2.24, 2.45) is 0 Å². The molecule has 1 aliphatic rings. The van der Waals surface area contributed by atoms with Gasteiger partial charge in [0.2, 0.25) is 5.91 Å². The van der Waals surface area contributed by atoms with Crippen molar-refractivity contribution >= 4 is 23.3 Å². The minimum atomic E-state index is -0.514. The minimum absolute atomic E-state index is 0.0409. The summed E-state index contributed by atoms with van der Waals surface area (Å²) in [5, 5.41) is 2.36. The van der Waals surface area contributed by atoms with Gasteiger partial charge < -0.3 is 9.88 Å². The third-order valence-electron chi connectivity index (χ3n) is 3.72. The van der Waals surface area contributed by atoms with Crippen molar-refractivity contribution in [3.63, 3.8) is 0 Å². The SMILES string of the molecule is Cc1cc(C(=O)C(C)Cl)c(C)n1C1CCC(=O)NC1. The lowest BCUT2D eigenvalue weighted by atomic mass is 10.1. The molecule has 0 aliphatic carbocycles. The molecular weight excluding hydrogens is 264 g/mol. The van der Waals surface area contributed by atoms with E-state index in [9.17, 15) is 9.59 Å². The number of ketones is 1. The molecule has 2 heterocycles. The van der Waals surface area contributed by atoms with Crippen LogP contribution in [0.5, 0.6) is 0 Å². The Morgan fingerprint density at radius 1 is 1.53 bits per heavy atom. The van der Waals surface area contributed by atoms with Crippen molar-refractivity contribution < 1.29 is 9.59 Å². The summed E-state index contributed by atoms with van der Waals surface area (Å²) in [5.41, 5.74) is 2.67. The topological polar surface area (TPSA) is 51.1 Å². The van der Waals surface area contributed by atoms with Crippen LogP contribution in [0.25, 0.3) is 0 Å².